The lowest BCUT2D eigenvalue weighted by molar-refractivity contribution is 0.719. The van der Waals surface area contributed by atoms with Crippen molar-refractivity contribution in [3.8, 4) is 11.3 Å². The van der Waals surface area contributed by atoms with Crippen LogP contribution in [0.4, 0.5) is 0 Å². The average molecular weight is 242 g/mol. The van der Waals surface area contributed by atoms with Crippen molar-refractivity contribution >= 4 is 0 Å². The molecule has 1 heterocycles. The topological polar surface area (TPSA) is 48.0 Å². The second-order valence-corrected chi connectivity index (χ2v) is 4.31. The first-order valence-electron chi connectivity index (χ1n) is 6.17. The highest BCUT2D eigenvalue weighted by Gasteiger charge is 2.11. The average Bonchev–Trinajstić information content (AvgIpc) is 2.39. The fourth-order valence-corrected chi connectivity index (χ4v) is 2.22. The molecular weight excluding hydrogens is 224 g/mol. The molecule has 0 fully saturated rings. The fraction of sp³-hybridized carbons (Fsp3) is 0.267. The molecule has 3 nitrogen and oxygen atoms in total. The van der Waals surface area contributed by atoms with Crippen molar-refractivity contribution < 1.29 is 0 Å². The van der Waals surface area contributed by atoms with E-state index >= 15 is 0 Å². The highest BCUT2D eigenvalue weighted by atomic mass is 16.1. The summed E-state index contributed by atoms with van der Waals surface area (Å²) in [6, 6.07) is 12.0. The van der Waals surface area contributed by atoms with Gasteiger partial charge in [-0.15, -0.1) is 0 Å². The monoisotopic (exact) mass is 242 g/mol. The summed E-state index contributed by atoms with van der Waals surface area (Å²) in [5.41, 5.74) is 9.36. The molecule has 0 aliphatic carbocycles. The quantitative estimate of drug-likeness (QED) is 0.897. The number of hydrogen-bond donors (Lipinski definition) is 1. The highest BCUT2D eigenvalue weighted by molar-refractivity contribution is 5.61. The smallest absolute Gasteiger partial charge is 0.255 e. The van der Waals surface area contributed by atoms with Gasteiger partial charge in [0.2, 0.25) is 0 Å². The van der Waals surface area contributed by atoms with Crippen LogP contribution in [0.3, 0.4) is 0 Å². The Morgan fingerprint density at radius 3 is 2.44 bits per heavy atom. The standard InChI is InChI=1S/C15H18N2O/c1-3-17-14(12-7-5-4-6-8-12)9-11(2)13(10-16)15(17)18/h4-9H,3,10,16H2,1-2H3. The maximum atomic E-state index is 12.3. The lowest BCUT2D eigenvalue weighted by Gasteiger charge is -2.15. The van der Waals surface area contributed by atoms with E-state index in [4.69, 9.17) is 5.73 Å². The van der Waals surface area contributed by atoms with Crippen LogP contribution in [0.25, 0.3) is 11.3 Å². The van der Waals surface area contributed by atoms with E-state index in [0.717, 1.165) is 16.8 Å². The Labute approximate surface area is 107 Å². The zero-order valence-electron chi connectivity index (χ0n) is 10.8. The van der Waals surface area contributed by atoms with Crippen LogP contribution in [0.15, 0.2) is 41.2 Å². The Hall–Kier alpha value is -1.87. The number of nitrogens with two attached hydrogens (primary N) is 1. The van der Waals surface area contributed by atoms with E-state index in [1.54, 1.807) is 4.57 Å². The Kier molecular flexibility index (Phi) is 3.63. The molecule has 0 saturated heterocycles. The van der Waals surface area contributed by atoms with Crippen LogP contribution < -0.4 is 11.3 Å². The first kappa shape index (κ1) is 12.6. The van der Waals surface area contributed by atoms with E-state index in [-0.39, 0.29) is 5.56 Å². The van der Waals surface area contributed by atoms with Crippen molar-refractivity contribution in [1.29, 1.82) is 0 Å². The number of aromatic nitrogens is 1. The van der Waals surface area contributed by atoms with Gasteiger partial charge in [-0.05, 0) is 31.0 Å². The minimum Gasteiger partial charge on any atom is -0.326 e. The summed E-state index contributed by atoms with van der Waals surface area (Å²) in [5, 5.41) is 0. The molecule has 2 N–H and O–H groups in total. The molecule has 0 unspecified atom stereocenters. The van der Waals surface area contributed by atoms with E-state index in [2.05, 4.69) is 0 Å². The summed E-state index contributed by atoms with van der Waals surface area (Å²) in [6.07, 6.45) is 0. The number of hydrogen-bond acceptors (Lipinski definition) is 2. The summed E-state index contributed by atoms with van der Waals surface area (Å²) >= 11 is 0. The number of nitrogens with zero attached hydrogens (tertiary/aromatic N) is 1. The normalized spacial score (nSPS) is 10.6. The number of pyridine rings is 1. The van der Waals surface area contributed by atoms with Crippen LogP contribution in [0, 0.1) is 6.92 Å². The van der Waals surface area contributed by atoms with Gasteiger partial charge in [0, 0.05) is 18.7 Å². The molecule has 2 aromatic rings. The Morgan fingerprint density at radius 2 is 1.89 bits per heavy atom. The lowest BCUT2D eigenvalue weighted by atomic mass is 10.1. The second-order valence-electron chi connectivity index (χ2n) is 4.31. The molecule has 0 amide bonds. The molecule has 94 valence electrons. The fourth-order valence-electron chi connectivity index (χ4n) is 2.22. The van der Waals surface area contributed by atoms with E-state index in [1.807, 2.05) is 50.2 Å². The van der Waals surface area contributed by atoms with Gasteiger partial charge in [-0.1, -0.05) is 30.3 Å². The third-order valence-corrected chi connectivity index (χ3v) is 3.21. The van der Waals surface area contributed by atoms with Crippen LogP contribution in [-0.4, -0.2) is 4.57 Å². The van der Waals surface area contributed by atoms with Crippen LogP contribution >= 0.6 is 0 Å². The van der Waals surface area contributed by atoms with Crippen LogP contribution in [0.1, 0.15) is 18.1 Å². The maximum Gasteiger partial charge on any atom is 0.255 e. The van der Waals surface area contributed by atoms with Crippen molar-refractivity contribution in [3.63, 3.8) is 0 Å². The van der Waals surface area contributed by atoms with Gasteiger partial charge in [-0.2, -0.15) is 0 Å². The molecule has 0 aliphatic rings. The molecule has 0 bridgehead atoms. The zero-order chi connectivity index (χ0) is 13.1. The van der Waals surface area contributed by atoms with E-state index in [9.17, 15) is 4.79 Å². The SMILES string of the molecule is CCn1c(-c2ccccc2)cc(C)c(CN)c1=O. The molecule has 3 heteroatoms. The van der Waals surface area contributed by atoms with Crippen molar-refractivity contribution in [1.82, 2.24) is 4.57 Å². The third-order valence-electron chi connectivity index (χ3n) is 3.21. The van der Waals surface area contributed by atoms with Gasteiger partial charge in [0.05, 0.1) is 5.69 Å². The van der Waals surface area contributed by atoms with Crippen molar-refractivity contribution in [2.75, 3.05) is 0 Å². The minimum absolute atomic E-state index is 0.0267. The molecule has 0 spiro atoms. The van der Waals surface area contributed by atoms with Gasteiger partial charge in [0.1, 0.15) is 0 Å². The molecule has 0 atom stereocenters. The largest absolute Gasteiger partial charge is 0.326 e. The molecule has 0 radical (unpaired) electrons. The summed E-state index contributed by atoms with van der Waals surface area (Å²) in [6.45, 7) is 4.86. The van der Waals surface area contributed by atoms with Crippen LogP contribution in [0.2, 0.25) is 0 Å². The van der Waals surface area contributed by atoms with E-state index in [0.29, 0.717) is 18.7 Å². The Morgan fingerprint density at radius 1 is 1.22 bits per heavy atom. The lowest BCUT2D eigenvalue weighted by Crippen LogP contribution is -2.27. The Bertz CT molecular complexity index is 600. The zero-order valence-corrected chi connectivity index (χ0v) is 10.8. The van der Waals surface area contributed by atoms with Gasteiger partial charge in [-0.3, -0.25) is 4.79 Å². The highest BCUT2D eigenvalue weighted by Crippen LogP contribution is 2.20. The van der Waals surface area contributed by atoms with Crippen LogP contribution in [-0.2, 0) is 13.1 Å². The Balaban J connectivity index is 2.73. The van der Waals surface area contributed by atoms with Crippen molar-refractivity contribution in [2.45, 2.75) is 26.9 Å². The van der Waals surface area contributed by atoms with Crippen molar-refractivity contribution in [3.05, 3.63) is 57.9 Å². The maximum absolute atomic E-state index is 12.3. The molecule has 0 saturated carbocycles. The van der Waals surface area contributed by atoms with E-state index in [1.165, 1.54) is 0 Å². The first-order chi connectivity index (χ1) is 8.69. The second kappa shape index (κ2) is 5.19. The summed E-state index contributed by atoms with van der Waals surface area (Å²) < 4.78 is 1.78. The molecule has 1 aromatic carbocycles. The number of benzene rings is 1. The summed E-state index contributed by atoms with van der Waals surface area (Å²) in [7, 11) is 0. The molecule has 2 rings (SSSR count). The number of rotatable bonds is 3. The van der Waals surface area contributed by atoms with Crippen LogP contribution in [0.5, 0.6) is 0 Å². The number of aryl methyl sites for hydroxylation is 1. The van der Waals surface area contributed by atoms with Gasteiger partial charge in [-0.25, -0.2) is 0 Å². The molecular formula is C15H18N2O. The summed E-state index contributed by atoms with van der Waals surface area (Å²) in [4.78, 5) is 12.3. The summed E-state index contributed by atoms with van der Waals surface area (Å²) in [5.74, 6) is 0. The molecule has 0 aliphatic heterocycles. The van der Waals surface area contributed by atoms with Crippen molar-refractivity contribution in [2.24, 2.45) is 5.73 Å². The minimum atomic E-state index is 0.0267. The predicted molar refractivity (Wildman–Crippen MR) is 74.4 cm³/mol. The third kappa shape index (κ3) is 2.09. The predicted octanol–water partition coefficient (Wildman–Crippen LogP) is 2.30. The van der Waals surface area contributed by atoms with Gasteiger partial charge < -0.3 is 10.3 Å². The molecule has 18 heavy (non-hydrogen) atoms. The van der Waals surface area contributed by atoms with Gasteiger partial charge >= 0.3 is 0 Å². The molecule has 1 aromatic heterocycles. The van der Waals surface area contributed by atoms with E-state index < -0.39 is 0 Å². The van der Waals surface area contributed by atoms with Gasteiger partial charge in [0.15, 0.2) is 0 Å². The first-order valence-corrected chi connectivity index (χ1v) is 6.17. The van der Waals surface area contributed by atoms with Gasteiger partial charge in [0.25, 0.3) is 5.56 Å².